The maximum absolute atomic E-state index is 12.3. The van der Waals surface area contributed by atoms with Crippen molar-refractivity contribution in [3.8, 4) is 5.75 Å². The number of halogens is 1. The summed E-state index contributed by atoms with van der Waals surface area (Å²) in [5, 5.41) is 2.81. The normalized spacial score (nSPS) is 10.2. The first-order valence-electron chi connectivity index (χ1n) is 6.02. The number of rotatable bonds is 3. The van der Waals surface area contributed by atoms with Crippen LogP contribution in [0.1, 0.15) is 15.9 Å². The molecule has 0 fully saturated rings. The van der Waals surface area contributed by atoms with Crippen molar-refractivity contribution in [3.63, 3.8) is 0 Å². The zero-order valence-corrected chi connectivity index (χ0v) is 12.8. The second kappa shape index (κ2) is 5.96. The van der Waals surface area contributed by atoms with E-state index in [0.29, 0.717) is 22.7 Å². The van der Waals surface area contributed by atoms with E-state index < -0.39 is 0 Å². The van der Waals surface area contributed by atoms with Crippen LogP contribution in [0.5, 0.6) is 5.75 Å². The van der Waals surface area contributed by atoms with Crippen molar-refractivity contribution in [1.29, 1.82) is 0 Å². The van der Waals surface area contributed by atoms with E-state index >= 15 is 0 Å². The molecule has 0 heterocycles. The number of nitrogens with one attached hydrogen (secondary N) is 1. The van der Waals surface area contributed by atoms with Gasteiger partial charge < -0.3 is 15.8 Å². The quantitative estimate of drug-likeness (QED) is 0.843. The highest BCUT2D eigenvalue weighted by Gasteiger charge is 2.13. The molecule has 4 nitrogen and oxygen atoms in total. The van der Waals surface area contributed by atoms with Crippen molar-refractivity contribution < 1.29 is 9.53 Å². The van der Waals surface area contributed by atoms with Crippen molar-refractivity contribution in [3.05, 3.63) is 52.0 Å². The number of carbonyl (C=O) groups is 1. The van der Waals surface area contributed by atoms with Gasteiger partial charge in [-0.15, -0.1) is 0 Å². The van der Waals surface area contributed by atoms with Gasteiger partial charge in [0.05, 0.1) is 12.7 Å². The van der Waals surface area contributed by atoms with Crippen molar-refractivity contribution in [2.45, 2.75) is 6.92 Å². The van der Waals surface area contributed by atoms with Crippen molar-refractivity contribution in [2.24, 2.45) is 0 Å². The van der Waals surface area contributed by atoms with Crippen LogP contribution in [0.15, 0.2) is 40.9 Å². The summed E-state index contributed by atoms with van der Waals surface area (Å²) in [6, 6.07) is 10.7. The molecule has 5 heteroatoms. The lowest BCUT2D eigenvalue weighted by molar-refractivity contribution is 0.102. The molecule has 2 rings (SSSR count). The maximum Gasteiger partial charge on any atom is 0.259 e. The SMILES string of the molecule is COc1ccc(Br)cc1C(=O)Nc1ccc(C)c(N)c1. The Morgan fingerprint density at radius 1 is 1.25 bits per heavy atom. The second-order valence-electron chi connectivity index (χ2n) is 4.37. The Morgan fingerprint density at radius 2 is 2.00 bits per heavy atom. The van der Waals surface area contributed by atoms with Crippen LogP contribution in [0.3, 0.4) is 0 Å². The molecule has 0 aliphatic rings. The third-order valence-electron chi connectivity index (χ3n) is 2.94. The highest BCUT2D eigenvalue weighted by Crippen LogP contribution is 2.24. The number of methoxy groups -OCH3 is 1. The van der Waals surface area contributed by atoms with Gasteiger partial charge in [0, 0.05) is 15.8 Å². The minimum atomic E-state index is -0.244. The summed E-state index contributed by atoms with van der Waals surface area (Å²) in [5.74, 6) is 0.275. The van der Waals surface area contributed by atoms with E-state index in [1.807, 2.05) is 25.1 Å². The lowest BCUT2D eigenvalue weighted by Gasteiger charge is -2.11. The Bertz CT molecular complexity index is 656. The van der Waals surface area contributed by atoms with E-state index in [1.165, 1.54) is 7.11 Å². The largest absolute Gasteiger partial charge is 0.496 e. The molecule has 104 valence electrons. The third-order valence-corrected chi connectivity index (χ3v) is 3.44. The molecule has 0 bridgehead atoms. The Hall–Kier alpha value is -2.01. The molecule has 0 aliphatic carbocycles. The lowest BCUT2D eigenvalue weighted by atomic mass is 10.1. The van der Waals surface area contributed by atoms with Crippen LogP contribution in [-0.2, 0) is 0 Å². The van der Waals surface area contributed by atoms with Gasteiger partial charge in [0.2, 0.25) is 0 Å². The smallest absolute Gasteiger partial charge is 0.259 e. The third kappa shape index (κ3) is 3.11. The molecule has 20 heavy (non-hydrogen) atoms. The Morgan fingerprint density at radius 3 is 2.65 bits per heavy atom. The van der Waals surface area contributed by atoms with Crippen LogP contribution in [0.2, 0.25) is 0 Å². The molecule has 0 unspecified atom stereocenters. The number of aryl methyl sites for hydroxylation is 1. The first-order valence-corrected chi connectivity index (χ1v) is 6.81. The maximum atomic E-state index is 12.3. The van der Waals surface area contributed by atoms with Gasteiger partial charge in [-0.05, 0) is 42.8 Å². The van der Waals surface area contributed by atoms with Gasteiger partial charge in [-0.25, -0.2) is 0 Å². The Kier molecular flexibility index (Phi) is 4.29. The van der Waals surface area contributed by atoms with Crippen LogP contribution < -0.4 is 15.8 Å². The fraction of sp³-hybridized carbons (Fsp3) is 0.133. The molecule has 2 aromatic carbocycles. The molecule has 0 saturated carbocycles. The Balaban J connectivity index is 2.27. The number of nitrogens with two attached hydrogens (primary N) is 1. The van der Waals surface area contributed by atoms with E-state index in [2.05, 4.69) is 21.2 Å². The van der Waals surface area contributed by atoms with E-state index in [1.54, 1.807) is 18.2 Å². The second-order valence-corrected chi connectivity index (χ2v) is 5.29. The Labute approximate surface area is 126 Å². The average Bonchev–Trinajstić information content (AvgIpc) is 2.43. The highest BCUT2D eigenvalue weighted by molar-refractivity contribution is 9.10. The van der Waals surface area contributed by atoms with Gasteiger partial charge in [-0.1, -0.05) is 22.0 Å². The molecule has 0 radical (unpaired) electrons. The van der Waals surface area contributed by atoms with Crippen molar-refractivity contribution in [1.82, 2.24) is 0 Å². The number of ether oxygens (including phenoxy) is 1. The van der Waals surface area contributed by atoms with Crippen LogP contribution in [0.25, 0.3) is 0 Å². The molecule has 0 aliphatic heterocycles. The zero-order chi connectivity index (χ0) is 14.7. The number of nitrogen functional groups attached to an aromatic ring is 1. The standard InChI is InChI=1S/C15H15BrN2O2/c1-9-3-5-11(8-13(9)17)18-15(19)12-7-10(16)4-6-14(12)20-2/h3-8H,17H2,1-2H3,(H,18,19). The van der Waals surface area contributed by atoms with Crippen LogP contribution in [-0.4, -0.2) is 13.0 Å². The zero-order valence-electron chi connectivity index (χ0n) is 11.2. The number of hydrogen-bond acceptors (Lipinski definition) is 3. The fourth-order valence-electron chi connectivity index (χ4n) is 1.77. The number of carbonyl (C=O) groups excluding carboxylic acids is 1. The van der Waals surface area contributed by atoms with Crippen LogP contribution >= 0.6 is 15.9 Å². The minimum Gasteiger partial charge on any atom is -0.496 e. The topological polar surface area (TPSA) is 64.3 Å². The molecular weight excluding hydrogens is 320 g/mol. The van der Waals surface area contributed by atoms with Gasteiger partial charge in [-0.2, -0.15) is 0 Å². The van der Waals surface area contributed by atoms with Gasteiger partial charge in [0.15, 0.2) is 0 Å². The number of anilines is 2. The lowest BCUT2D eigenvalue weighted by Crippen LogP contribution is -2.13. The molecule has 0 atom stereocenters. The molecule has 0 spiro atoms. The van der Waals surface area contributed by atoms with Crippen LogP contribution in [0, 0.1) is 6.92 Å². The summed E-state index contributed by atoms with van der Waals surface area (Å²) >= 11 is 3.34. The van der Waals surface area contributed by atoms with Crippen molar-refractivity contribution in [2.75, 3.05) is 18.2 Å². The van der Waals surface area contributed by atoms with Gasteiger partial charge >= 0.3 is 0 Å². The molecule has 0 saturated heterocycles. The molecule has 3 N–H and O–H groups in total. The van der Waals surface area contributed by atoms with Crippen LogP contribution in [0.4, 0.5) is 11.4 Å². The summed E-state index contributed by atoms with van der Waals surface area (Å²) in [7, 11) is 1.53. The summed E-state index contributed by atoms with van der Waals surface area (Å²) < 4.78 is 6.01. The first kappa shape index (κ1) is 14.4. The molecule has 0 aromatic heterocycles. The molecule has 2 aromatic rings. The van der Waals surface area contributed by atoms with Gasteiger partial charge in [-0.3, -0.25) is 4.79 Å². The first-order chi connectivity index (χ1) is 9.51. The van der Waals surface area contributed by atoms with Gasteiger partial charge in [0.25, 0.3) is 5.91 Å². The highest BCUT2D eigenvalue weighted by atomic mass is 79.9. The summed E-state index contributed by atoms with van der Waals surface area (Å²) in [5.41, 5.74) is 8.56. The van der Waals surface area contributed by atoms with E-state index in [-0.39, 0.29) is 5.91 Å². The van der Waals surface area contributed by atoms with E-state index in [4.69, 9.17) is 10.5 Å². The summed E-state index contributed by atoms with van der Waals surface area (Å²) in [6.07, 6.45) is 0. The molecular formula is C15H15BrN2O2. The van der Waals surface area contributed by atoms with E-state index in [9.17, 15) is 4.79 Å². The number of amides is 1. The van der Waals surface area contributed by atoms with Crippen molar-refractivity contribution >= 4 is 33.2 Å². The fourth-order valence-corrected chi connectivity index (χ4v) is 2.14. The minimum absolute atomic E-state index is 0.244. The molecule has 1 amide bonds. The summed E-state index contributed by atoms with van der Waals surface area (Å²) in [6.45, 7) is 1.91. The monoisotopic (exact) mass is 334 g/mol. The predicted octanol–water partition coefficient (Wildman–Crippen LogP) is 3.60. The predicted molar refractivity (Wildman–Crippen MR) is 84.2 cm³/mol. The van der Waals surface area contributed by atoms with E-state index in [0.717, 1.165) is 10.0 Å². The number of hydrogen-bond donors (Lipinski definition) is 2. The van der Waals surface area contributed by atoms with Gasteiger partial charge in [0.1, 0.15) is 5.75 Å². The summed E-state index contributed by atoms with van der Waals surface area (Å²) in [4.78, 5) is 12.3. The average molecular weight is 335 g/mol. The number of benzene rings is 2.